The molecule has 3 saturated carbocycles. The lowest BCUT2D eigenvalue weighted by Gasteiger charge is -2.60. The number of hydrogen-bond donors (Lipinski definition) is 1. The van der Waals surface area contributed by atoms with Crippen LogP contribution in [0.2, 0.25) is 0 Å². The van der Waals surface area contributed by atoms with E-state index in [-0.39, 0.29) is 16.2 Å². The zero-order valence-electron chi connectivity index (χ0n) is 22.0. The lowest BCUT2D eigenvalue weighted by atomic mass is 9.45. The van der Waals surface area contributed by atoms with Crippen molar-refractivity contribution >= 4 is 5.78 Å². The largest absolute Gasteiger partial charge is 0.365 e. The molecule has 0 radical (unpaired) electrons. The van der Waals surface area contributed by atoms with Crippen LogP contribution >= 0.6 is 0 Å². The first-order valence-corrected chi connectivity index (χ1v) is 13.7. The van der Waals surface area contributed by atoms with Crippen LogP contribution in [-0.4, -0.2) is 16.7 Å². The molecule has 4 aliphatic rings. The molecule has 5 rings (SSSR count). The van der Waals surface area contributed by atoms with Gasteiger partial charge in [-0.3, -0.25) is 4.79 Å². The lowest BCUT2D eigenvalue weighted by molar-refractivity contribution is -0.231. The van der Waals surface area contributed by atoms with Crippen molar-refractivity contribution in [3.8, 4) is 0 Å². The molecule has 0 bridgehead atoms. The first-order chi connectivity index (χ1) is 16.0. The number of rotatable bonds is 5. The number of fused-ring (bicyclic) bond motifs is 5. The van der Waals surface area contributed by atoms with E-state index in [9.17, 15) is 9.90 Å². The van der Waals surface area contributed by atoms with Crippen molar-refractivity contribution in [2.24, 2.45) is 34.0 Å². The van der Waals surface area contributed by atoms with E-state index in [2.05, 4.69) is 58.0 Å². The van der Waals surface area contributed by atoms with Gasteiger partial charge in [0, 0.05) is 18.3 Å². The molecular weight excluding hydrogens is 420 g/mol. The van der Waals surface area contributed by atoms with Crippen molar-refractivity contribution in [1.82, 2.24) is 0 Å². The second-order valence-corrected chi connectivity index (χ2v) is 12.7. The molecule has 0 saturated heterocycles. The van der Waals surface area contributed by atoms with Crippen LogP contribution in [0.3, 0.4) is 0 Å². The van der Waals surface area contributed by atoms with Gasteiger partial charge in [0.05, 0.1) is 6.61 Å². The van der Waals surface area contributed by atoms with Crippen molar-refractivity contribution in [2.45, 2.75) is 105 Å². The highest BCUT2D eigenvalue weighted by Crippen LogP contribution is 2.70. The molecule has 0 heterocycles. The van der Waals surface area contributed by atoms with Crippen LogP contribution in [0.1, 0.15) is 97.1 Å². The van der Waals surface area contributed by atoms with Gasteiger partial charge in [-0.15, -0.1) is 0 Å². The monoisotopic (exact) mass is 464 g/mol. The number of benzene rings is 1. The zero-order chi connectivity index (χ0) is 24.4. The van der Waals surface area contributed by atoms with E-state index >= 15 is 0 Å². The second-order valence-electron chi connectivity index (χ2n) is 12.7. The predicted molar refractivity (Wildman–Crippen MR) is 136 cm³/mol. The number of ether oxygens (including phenoxy) is 1. The molecule has 7 unspecified atom stereocenters. The molecule has 0 spiro atoms. The van der Waals surface area contributed by atoms with Gasteiger partial charge in [-0.1, -0.05) is 63.6 Å². The van der Waals surface area contributed by atoms with Crippen molar-refractivity contribution in [2.75, 3.05) is 0 Å². The van der Waals surface area contributed by atoms with Crippen LogP contribution in [0.4, 0.5) is 0 Å². The van der Waals surface area contributed by atoms with Crippen molar-refractivity contribution in [3.05, 3.63) is 47.0 Å². The van der Waals surface area contributed by atoms with Gasteiger partial charge in [0.1, 0.15) is 5.78 Å². The van der Waals surface area contributed by atoms with Crippen LogP contribution in [0.25, 0.3) is 0 Å². The molecule has 0 aliphatic heterocycles. The Hall–Kier alpha value is -1.45. The number of allylic oxidation sites excluding steroid dienone is 1. The number of aryl methyl sites for hydroxylation is 1. The van der Waals surface area contributed by atoms with E-state index in [0.717, 1.165) is 37.7 Å². The van der Waals surface area contributed by atoms with E-state index in [4.69, 9.17) is 4.74 Å². The van der Waals surface area contributed by atoms with Gasteiger partial charge in [0.15, 0.2) is 5.79 Å². The third-order valence-corrected chi connectivity index (χ3v) is 11.4. The van der Waals surface area contributed by atoms with Crippen LogP contribution in [0.15, 0.2) is 35.9 Å². The lowest BCUT2D eigenvalue weighted by Crippen LogP contribution is -2.54. The van der Waals surface area contributed by atoms with Gasteiger partial charge < -0.3 is 9.84 Å². The summed E-state index contributed by atoms with van der Waals surface area (Å²) in [4.78, 5) is 12.7. The summed E-state index contributed by atoms with van der Waals surface area (Å²) in [7, 11) is 0. The summed E-state index contributed by atoms with van der Waals surface area (Å²) in [6.07, 6.45) is 11.5. The van der Waals surface area contributed by atoms with E-state index in [0.29, 0.717) is 43.0 Å². The smallest absolute Gasteiger partial charge is 0.169 e. The summed E-state index contributed by atoms with van der Waals surface area (Å²) in [6, 6.07) is 8.55. The molecule has 34 heavy (non-hydrogen) atoms. The molecule has 1 aromatic rings. The summed E-state index contributed by atoms with van der Waals surface area (Å²) in [5.74, 6) is 1.28. The van der Waals surface area contributed by atoms with Gasteiger partial charge in [0.25, 0.3) is 0 Å². The average Bonchev–Trinajstić information content (AvgIpc) is 3.11. The minimum absolute atomic E-state index is 0.132. The van der Waals surface area contributed by atoms with Gasteiger partial charge >= 0.3 is 0 Å². The molecule has 3 fully saturated rings. The normalized spacial score (nSPS) is 43.5. The molecule has 1 N–H and O–H groups in total. The predicted octanol–water partition coefficient (Wildman–Crippen LogP) is 7.01. The SMILES string of the molecule is CCc1ccc(COC2(O)CCC3(C)C(=CCC4C3CCC3(C)C4CCC3(C)C(C)=O)C2)cc1. The number of hydrogen-bond acceptors (Lipinski definition) is 3. The standard InChI is InChI=1S/C31H44O3/c1-6-22-7-9-23(10-8-22)20-34-31(33)18-17-28(3)24(19-31)11-12-25-26(28)13-16-30(5)27(25)14-15-29(30,4)21(2)32/h7-11,25-27,33H,6,12-20H2,1-5H3. The summed E-state index contributed by atoms with van der Waals surface area (Å²) in [5, 5.41) is 11.4. The number of ketones is 1. The number of Topliss-reactive ketones (excluding diaryl/α,β-unsaturated/α-hetero) is 1. The Balaban J connectivity index is 1.32. The van der Waals surface area contributed by atoms with Crippen LogP contribution in [0.5, 0.6) is 0 Å². The first kappa shape index (κ1) is 24.3. The summed E-state index contributed by atoms with van der Waals surface area (Å²) >= 11 is 0. The molecular formula is C31H44O3. The van der Waals surface area contributed by atoms with Crippen LogP contribution in [-0.2, 0) is 22.6 Å². The van der Waals surface area contributed by atoms with Crippen molar-refractivity contribution in [1.29, 1.82) is 0 Å². The summed E-state index contributed by atoms with van der Waals surface area (Å²) < 4.78 is 6.18. The maximum absolute atomic E-state index is 12.7. The van der Waals surface area contributed by atoms with Crippen molar-refractivity contribution < 1.29 is 14.6 Å². The van der Waals surface area contributed by atoms with Gasteiger partial charge in [0.2, 0.25) is 0 Å². The summed E-state index contributed by atoms with van der Waals surface area (Å²) in [6.45, 7) is 11.6. The average molecular weight is 465 g/mol. The quantitative estimate of drug-likeness (QED) is 0.376. The Morgan fingerprint density at radius 2 is 1.68 bits per heavy atom. The number of aliphatic hydroxyl groups is 1. The Morgan fingerprint density at radius 3 is 2.35 bits per heavy atom. The molecule has 7 atom stereocenters. The van der Waals surface area contributed by atoms with Gasteiger partial charge in [-0.05, 0) is 91.6 Å². The highest BCUT2D eigenvalue weighted by Gasteiger charge is 2.64. The number of carbonyl (C=O) groups is 1. The maximum atomic E-state index is 12.7. The Morgan fingerprint density at radius 1 is 1.00 bits per heavy atom. The minimum Gasteiger partial charge on any atom is -0.365 e. The third-order valence-electron chi connectivity index (χ3n) is 11.4. The third kappa shape index (κ3) is 3.56. The Kier molecular flexibility index (Phi) is 5.92. The Bertz CT molecular complexity index is 979. The van der Waals surface area contributed by atoms with E-state index in [1.807, 2.05) is 6.92 Å². The van der Waals surface area contributed by atoms with Crippen LogP contribution < -0.4 is 0 Å². The highest BCUT2D eigenvalue weighted by molar-refractivity contribution is 5.83. The van der Waals surface area contributed by atoms with E-state index < -0.39 is 5.79 Å². The molecule has 1 aromatic carbocycles. The summed E-state index contributed by atoms with van der Waals surface area (Å²) in [5.41, 5.74) is 3.99. The second kappa shape index (κ2) is 8.30. The fraction of sp³-hybridized carbons (Fsp3) is 0.710. The molecule has 3 heteroatoms. The number of carbonyl (C=O) groups excluding carboxylic acids is 1. The molecule has 186 valence electrons. The Labute approximate surface area is 206 Å². The highest BCUT2D eigenvalue weighted by atomic mass is 16.6. The van der Waals surface area contributed by atoms with E-state index in [1.165, 1.54) is 24.0 Å². The molecule has 3 nitrogen and oxygen atoms in total. The van der Waals surface area contributed by atoms with Crippen LogP contribution in [0, 0.1) is 34.0 Å². The first-order valence-electron chi connectivity index (χ1n) is 13.7. The molecule has 0 amide bonds. The van der Waals surface area contributed by atoms with Gasteiger partial charge in [-0.2, -0.15) is 0 Å². The minimum atomic E-state index is -1.06. The topological polar surface area (TPSA) is 46.5 Å². The fourth-order valence-electron chi connectivity index (χ4n) is 8.68. The van der Waals surface area contributed by atoms with E-state index in [1.54, 1.807) is 0 Å². The zero-order valence-corrected chi connectivity index (χ0v) is 22.0. The molecule has 0 aromatic heterocycles. The van der Waals surface area contributed by atoms with Gasteiger partial charge in [-0.25, -0.2) is 0 Å². The fourth-order valence-corrected chi connectivity index (χ4v) is 8.68. The van der Waals surface area contributed by atoms with Crippen molar-refractivity contribution in [3.63, 3.8) is 0 Å². The molecule has 4 aliphatic carbocycles. The maximum Gasteiger partial charge on any atom is 0.169 e.